The van der Waals surface area contributed by atoms with E-state index in [9.17, 15) is 0 Å². The van der Waals surface area contributed by atoms with Gasteiger partial charge in [0.05, 0.1) is 0 Å². The predicted octanol–water partition coefficient (Wildman–Crippen LogP) is -0.795. The highest BCUT2D eigenvalue weighted by Crippen LogP contribution is 2.00. The van der Waals surface area contributed by atoms with Crippen molar-refractivity contribution in [2.45, 2.75) is 0 Å². The number of rotatable bonds is 0. The second-order valence-electron chi connectivity index (χ2n) is 1.34. The standard InChI is InChI=1S/C3H6N5/c4-2-1-3(5)7-8-6-2/h1H,4-5H2,(H,6,7). The summed E-state index contributed by atoms with van der Waals surface area (Å²) in [6.07, 6.45) is 1.81. The largest absolute Gasteiger partial charge is 0.384 e. The average Bonchev–Trinajstić information content (AvgIpc) is 1.64. The van der Waals surface area contributed by atoms with Crippen LogP contribution in [0.1, 0.15) is 0 Å². The van der Waals surface area contributed by atoms with Gasteiger partial charge in [0.25, 0.3) is 0 Å². The van der Waals surface area contributed by atoms with Gasteiger partial charge in [0, 0.05) is 6.08 Å². The van der Waals surface area contributed by atoms with Crippen LogP contribution in [-0.2, 0) is 0 Å². The zero-order chi connectivity index (χ0) is 5.98. The number of nitrogens with one attached hydrogen (secondary N) is 1. The van der Waals surface area contributed by atoms with Gasteiger partial charge < -0.3 is 5.73 Å². The Hall–Kier alpha value is -1.10. The van der Waals surface area contributed by atoms with Gasteiger partial charge in [-0.05, 0) is 0 Å². The summed E-state index contributed by atoms with van der Waals surface area (Å²) in [6.45, 7) is 0. The first kappa shape index (κ1) is 5.04. The Kier molecular flexibility index (Phi) is 1.13. The van der Waals surface area contributed by atoms with Crippen molar-refractivity contribution in [2.75, 3.05) is 0 Å². The number of hydrogen-bond donors (Lipinski definition) is 3. The number of nitrogens with two attached hydrogens (primary N) is 2. The van der Waals surface area contributed by atoms with Gasteiger partial charge in [-0.1, -0.05) is 5.22 Å². The summed E-state index contributed by atoms with van der Waals surface area (Å²) in [6, 6.07) is 0. The van der Waals surface area contributed by atoms with E-state index < -0.39 is 0 Å². The van der Waals surface area contributed by atoms with Crippen molar-refractivity contribution in [1.82, 2.24) is 5.43 Å². The van der Waals surface area contributed by atoms with Crippen molar-refractivity contribution in [2.24, 2.45) is 21.8 Å². The topological polar surface area (TPSA) is 88.8 Å². The Bertz CT molecular complexity index is 137. The molecule has 1 aliphatic heterocycles. The highest BCUT2D eigenvalue weighted by molar-refractivity contribution is 5.10. The minimum Gasteiger partial charge on any atom is -0.384 e. The lowest BCUT2D eigenvalue weighted by Gasteiger charge is -2.05. The van der Waals surface area contributed by atoms with Crippen LogP contribution in [-0.4, -0.2) is 0 Å². The van der Waals surface area contributed by atoms with Gasteiger partial charge in [-0.15, -0.1) is 5.11 Å². The van der Waals surface area contributed by atoms with Crippen molar-refractivity contribution in [1.29, 1.82) is 0 Å². The molecular formula is C3H6N5. The molecule has 1 radical (unpaired) electrons. The second-order valence-corrected chi connectivity index (χ2v) is 1.34. The van der Waals surface area contributed by atoms with Crippen LogP contribution in [0.4, 0.5) is 0 Å². The van der Waals surface area contributed by atoms with Gasteiger partial charge in [0.2, 0.25) is 0 Å². The van der Waals surface area contributed by atoms with Gasteiger partial charge in [-0.3, -0.25) is 5.73 Å². The summed E-state index contributed by atoms with van der Waals surface area (Å²) in [5.74, 6) is 0.414. The Balaban J connectivity index is 2.60. The normalized spacial score (nSPS) is 19.9. The first-order valence-electron chi connectivity index (χ1n) is 2.05. The second kappa shape index (κ2) is 1.79. The predicted molar refractivity (Wildman–Crippen MR) is 27.7 cm³/mol. The van der Waals surface area contributed by atoms with E-state index in [0.717, 1.165) is 0 Å². The Morgan fingerprint density at radius 1 is 1.50 bits per heavy atom. The quantitative estimate of drug-likeness (QED) is 0.383. The van der Waals surface area contributed by atoms with E-state index in [1.165, 1.54) is 6.08 Å². The zero-order valence-corrected chi connectivity index (χ0v) is 4.13. The van der Waals surface area contributed by atoms with Gasteiger partial charge in [-0.2, -0.15) is 0 Å². The molecule has 0 aromatic carbocycles. The smallest absolute Gasteiger partial charge is 0.198 e. The molecule has 0 unspecified atom stereocenters. The SMILES string of the molecule is N[C]1C=C(N)NN=N1. The number of nitrogens with zero attached hydrogens (tertiary/aromatic N) is 2. The lowest BCUT2D eigenvalue weighted by Crippen LogP contribution is -2.20. The fourth-order valence-electron chi connectivity index (χ4n) is 0.361. The molecule has 1 heterocycles. The molecule has 0 spiro atoms. The third kappa shape index (κ3) is 0.941. The molecule has 0 amide bonds. The maximum absolute atomic E-state index is 5.22. The molecular weight excluding hydrogens is 106 g/mol. The average molecular weight is 112 g/mol. The van der Waals surface area contributed by atoms with Crippen molar-refractivity contribution >= 4 is 0 Å². The van der Waals surface area contributed by atoms with Gasteiger partial charge >= 0.3 is 0 Å². The zero-order valence-electron chi connectivity index (χ0n) is 4.13. The van der Waals surface area contributed by atoms with Gasteiger partial charge in [-0.25, -0.2) is 5.43 Å². The van der Waals surface area contributed by atoms with E-state index in [2.05, 4.69) is 15.8 Å². The lowest BCUT2D eigenvalue weighted by molar-refractivity contribution is 0.724. The van der Waals surface area contributed by atoms with E-state index in [4.69, 9.17) is 11.5 Å². The summed E-state index contributed by atoms with van der Waals surface area (Å²) in [4.78, 5) is 0. The molecule has 1 aliphatic rings. The van der Waals surface area contributed by atoms with Crippen LogP contribution >= 0.6 is 0 Å². The molecule has 0 saturated carbocycles. The molecule has 5 N–H and O–H groups in total. The fraction of sp³-hybridized carbons (Fsp3) is 0. The van der Waals surface area contributed by atoms with Crippen LogP contribution in [0.5, 0.6) is 0 Å². The molecule has 8 heavy (non-hydrogen) atoms. The van der Waals surface area contributed by atoms with E-state index in [0.29, 0.717) is 12.0 Å². The highest BCUT2D eigenvalue weighted by Gasteiger charge is 2.01. The van der Waals surface area contributed by atoms with Crippen LogP contribution in [0.15, 0.2) is 22.2 Å². The molecule has 1 rings (SSSR count). The van der Waals surface area contributed by atoms with Crippen molar-refractivity contribution < 1.29 is 0 Å². The first-order valence-corrected chi connectivity index (χ1v) is 2.05. The van der Waals surface area contributed by atoms with Crippen LogP contribution in [0, 0.1) is 6.17 Å². The molecule has 0 fully saturated rings. The van der Waals surface area contributed by atoms with Crippen LogP contribution < -0.4 is 16.9 Å². The van der Waals surface area contributed by atoms with E-state index >= 15 is 0 Å². The molecule has 5 heteroatoms. The maximum Gasteiger partial charge on any atom is 0.198 e. The minimum absolute atomic E-state index is 0.321. The van der Waals surface area contributed by atoms with Crippen molar-refractivity contribution in [3.63, 3.8) is 0 Å². The molecule has 0 aromatic rings. The Labute approximate surface area is 46.4 Å². The Morgan fingerprint density at radius 2 is 2.25 bits per heavy atom. The summed E-state index contributed by atoms with van der Waals surface area (Å²) in [5.41, 5.74) is 12.8. The summed E-state index contributed by atoms with van der Waals surface area (Å²) < 4.78 is 0. The molecule has 0 aliphatic carbocycles. The van der Waals surface area contributed by atoms with Crippen LogP contribution in [0.2, 0.25) is 0 Å². The molecule has 0 atom stereocenters. The summed E-state index contributed by atoms with van der Waals surface area (Å²) >= 11 is 0. The van der Waals surface area contributed by atoms with E-state index in [-0.39, 0.29) is 0 Å². The maximum atomic E-state index is 5.22. The molecule has 5 nitrogen and oxygen atoms in total. The molecule has 43 valence electrons. The van der Waals surface area contributed by atoms with Gasteiger partial charge in [0.1, 0.15) is 5.82 Å². The van der Waals surface area contributed by atoms with Crippen LogP contribution in [0.25, 0.3) is 0 Å². The minimum atomic E-state index is 0.321. The summed E-state index contributed by atoms with van der Waals surface area (Å²) in [7, 11) is 0. The van der Waals surface area contributed by atoms with Crippen molar-refractivity contribution in [3.8, 4) is 0 Å². The van der Waals surface area contributed by atoms with Crippen molar-refractivity contribution in [3.05, 3.63) is 18.1 Å². The van der Waals surface area contributed by atoms with E-state index in [1.54, 1.807) is 0 Å². The highest BCUT2D eigenvalue weighted by atomic mass is 15.5. The number of hydrogen-bond acceptors (Lipinski definition) is 5. The third-order valence-corrected chi connectivity index (χ3v) is 0.648. The summed E-state index contributed by atoms with van der Waals surface area (Å²) in [5, 5.41) is 6.79. The van der Waals surface area contributed by atoms with E-state index in [1.807, 2.05) is 0 Å². The lowest BCUT2D eigenvalue weighted by atomic mass is 10.5. The third-order valence-electron chi connectivity index (χ3n) is 0.648. The molecule has 0 aromatic heterocycles. The molecule has 0 bridgehead atoms. The van der Waals surface area contributed by atoms with Crippen LogP contribution in [0.3, 0.4) is 0 Å². The fourth-order valence-corrected chi connectivity index (χ4v) is 0.361. The Morgan fingerprint density at radius 3 is 2.62 bits per heavy atom. The van der Waals surface area contributed by atoms with Gasteiger partial charge in [0.15, 0.2) is 6.17 Å². The monoisotopic (exact) mass is 112 g/mol. The first-order chi connectivity index (χ1) is 3.79. The molecule has 0 saturated heterocycles.